The largest absolute Gasteiger partial charge is 0.473 e. The first-order valence-corrected chi connectivity index (χ1v) is 12.8. The molecule has 2 aromatic heterocycles. The van der Waals surface area contributed by atoms with E-state index in [4.69, 9.17) is 31.0 Å². The van der Waals surface area contributed by atoms with Gasteiger partial charge < -0.3 is 14.0 Å². The Labute approximate surface area is 219 Å². The Balaban J connectivity index is 1.20. The van der Waals surface area contributed by atoms with Crippen LogP contribution in [-0.2, 0) is 20.2 Å². The van der Waals surface area contributed by atoms with Gasteiger partial charge in [-0.25, -0.2) is 18.7 Å². The van der Waals surface area contributed by atoms with E-state index in [2.05, 4.69) is 4.90 Å². The number of aromatic nitrogens is 3. The maximum Gasteiger partial charge on any atom is 0.235 e. The summed E-state index contributed by atoms with van der Waals surface area (Å²) in [6.45, 7) is 3.96. The fraction of sp³-hybridized carbons (Fsp3) is 0.357. The maximum atomic E-state index is 14.1. The number of imidazole rings is 1. The number of aryl methyl sites for hydroxylation is 1. The number of likely N-dealkylation sites (tertiary alicyclic amines) is 1. The van der Waals surface area contributed by atoms with Crippen LogP contribution in [0.2, 0.25) is 5.02 Å². The molecular weight excluding hydrogens is 498 g/mol. The Morgan fingerprint density at radius 3 is 2.62 bits per heavy atom. The molecule has 1 saturated heterocycles. The van der Waals surface area contributed by atoms with Crippen molar-refractivity contribution >= 4 is 22.6 Å². The van der Waals surface area contributed by atoms with Crippen molar-refractivity contribution in [3.63, 3.8) is 0 Å². The summed E-state index contributed by atoms with van der Waals surface area (Å²) >= 11 is 5.83. The third-order valence-electron chi connectivity index (χ3n) is 6.76. The average molecular weight is 527 g/mol. The third kappa shape index (κ3) is 5.86. The molecule has 5 rings (SSSR count). The van der Waals surface area contributed by atoms with Gasteiger partial charge in [0.1, 0.15) is 23.8 Å². The van der Waals surface area contributed by atoms with E-state index in [0.717, 1.165) is 43.0 Å². The van der Waals surface area contributed by atoms with Crippen LogP contribution < -0.4 is 9.47 Å². The topological polar surface area (TPSA) is 52.4 Å². The predicted molar refractivity (Wildman–Crippen MR) is 139 cm³/mol. The number of pyridine rings is 1. The minimum absolute atomic E-state index is 0.0902. The van der Waals surface area contributed by atoms with Crippen LogP contribution in [0.25, 0.3) is 11.0 Å². The number of ether oxygens (including phenoxy) is 2. The SMILES string of the molecule is C[C@@H](F)Oc1cccc2c1nc(CN1CCC(c3cccc(OCc4ccc(Cl)cc4F)n3)CC1)n2C. The second-order valence-corrected chi connectivity index (χ2v) is 9.78. The predicted octanol–water partition coefficient (Wildman–Crippen LogP) is 6.41. The van der Waals surface area contributed by atoms with Gasteiger partial charge in [0.05, 0.1) is 12.1 Å². The molecule has 0 radical (unpaired) electrons. The van der Waals surface area contributed by atoms with Crippen molar-refractivity contribution < 1.29 is 18.3 Å². The number of hydrogen-bond acceptors (Lipinski definition) is 5. The van der Waals surface area contributed by atoms with Gasteiger partial charge in [-0.15, -0.1) is 0 Å². The van der Waals surface area contributed by atoms with Crippen LogP contribution in [0.3, 0.4) is 0 Å². The standard InChI is InChI=1S/C28H29ClF2N4O2/c1-18(30)37-25-7-4-6-24-28(25)33-26(34(24)2)16-35-13-11-19(12-14-35)23-5-3-8-27(32-23)36-17-20-9-10-21(29)15-22(20)31/h3-10,15,18-19H,11-14,16-17H2,1-2H3/t18-/m0/s1. The lowest BCUT2D eigenvalue weighted by Crippen LogP contribution is -2.33. The number of hydrogen-bond donors (Lipinski definition) is 0. The molecule has 3 heterocycles. The second-order valence-electron chi connectivity index (χ2n) is 9.35. The molecule has 0 amide bonds. The molecule has 9 heteroatoms. The molecule has 6 nitrogen and oxygen atoms in total. The van der Waals surface area contributed by atoms with E-state index in [1.54, 1.807) is 24.3 Å². The molecule has 0 spiro atoms. The van der Waals surface area contributed by atoms with E-state index in [9.17, 15) is 8.78 Å². The zero-order valence-electron chi connectivity index (χ0n) is 20.8. The highest BCUT2D eigenvalue weighted by Crippen LogP contribution is 2.30. The molecule has 194 valence electrons. The first kappa shape index (κ1) is 25.4. The van der Waals surface area contributed by atoms with Crippen LogP contribution in [0.1, 0.15) is 42.8 Å². The monoisotopic (exact) mass is 526 g/mol. The number of nitrogens with zero attached hydrogens (tertiary/aromatic N) is 4. The Morgan fingerprint density at radius 2 is 1.86 bits per heavy atom. The van der Waals surface area contributed by atoms with Gasteiger partial charge in [-0.3, -0.25) is 4.90 Å². The van der Waals surface area contributed by atoms with Crippen LogP contribution >= 0.6 is 11.6 Å². The van der Waals surface area contributed by atoms with Gasteiger partial charge in [-0.05, 0) is 56.3 Å². The Hall–Kier alpha value is -3.23. The van der Waals surface area contributed by atoms with Crippen LogP contribution in [0, 0.1) is 5.82 Å². The molecule has 0 aliphatic carbocycles. The minimum Gasteiger partial charge on any atom is -0.473 e. The van der Waals surface area contributed by atoms with Crippen LogP contribution in [0.4, 0.5) is 8.78 Å². The molecule has 0 unspecified atom stereocenters. The van der Waals surface area contributed by atoms with Crippen molar-refractivity contribution in [3.8, 4) is 11.6 Å². The molecular formula is C28H29ClF2N4O2. The van der Waals surface area contributed by atoms with Crippen molar-refractivity contribution in [1.29, 1.82) is 0 Å². The molecule has 37 heavy (non-hydrogen) atoms. The zero-order chi connectivity index (χ0) is 25.9. The van der Waals surface area contributed by atoms with Gasteiger partial charge in [0, 0.05) is 42.2 Å². The fourth-order valence-electron chi connectivity index (χ4n) is 4.76. The van der Waals surface area contributed by atoms with Gasteiger partial charge in [-0.2, -0.15) is 0 Å². The number of para-hydroxylation sites is 1. The van der Waals surface area contributed by atoms with Crippen LogP contribution in [0.5, 0.6) is 11.6 Å². The molecule has 1 atom stereocenters. The lowest BCUT2D eigenvalue weighted by atomic mass is 9.93. The van der Waals surface area contributed by atoms with E-state index in [1.165, 1.54) is 13.0 Å². The van der Waals surface area contributed by atoms with E-state index in [-0.39, 0.29) is 6.61 Å². The van der Waals surface area contributed by atoms with Crippen molar-refractivity contribution in [1.82, 2.24) is 19.4 Å². The summed E-state index contributed by atoms with van der Waals surface area (Å²) in [5.41, 5.74) is 3.02. The molecule has 1 aliphatic rings. The van der Waals surface area contributed by atoms with Crippen molar-refractivity contribution in [3.05, 3.63) is 82.5 Å². The smallest absolute Gasteiger partial charge is 0.235 e. The van der Waals surface area contributed by atoms with Gasteiger partial charge in [0.25, 0.3) is 0 Å². The quantitative estimate of drug-likeness (QED) is 0.265. The van der Waals surface area contributed by atoms with Gasteiger partial charge in [0.15, 0.2) is 5.75 Å². The number of halogens is 3. The van der Waals surface area contributed by atoms with Crippen molar-refractivity contribution in [2.24, 2.45) is 7.05 Å². The second kappa shape index (κ2) is 11.0. The van der Waals surface area contributed by atoms with Crippen molar-refractivity contribution in [2.45, 2.75) is 45.2 Å². The van der Waals surface area contributed by atoms with Gasteiger partial charge >= 0.3 is 0 Å². The molecule has 0 saturated carbocycles. The maximum absolute atomic E-state index is 14.1. The van der Waals surface area contributed by atoms with Gasteiger partial charge in [-0.1, -0.05) is 29.8 Å². The Kier molecular flexibility index (Phi) is 7.58. The van der Waals surface area contributed by atoms with Gasteiger partial charge in [0.2, 0.25) is 12.2 Å². The van der Waals surface area contributed by atoms with E-state index in [0.29, 0.717) is 40.2 Å². The number of rotatable bonds is 8. The first-order valence-electron chi connectivity index (χ1n) is 12.4. The summed E-state index contributed by atoms with van der Waals surface area (Å²) in [7, 11) is 1.98. The number of benzene rings is 2. The normalized spacial score (nSPS) is 15.7. The summed E-state index contributed by atoms with van der Waals surface area (Å²) in [5, 5.41) is 0.356. The molecule has 2 aromatic carbocycles. The average Bonchev–Trinajstić information content (AvgIpc) is 3.20. The molecule has 1 aliphatic heterocycles. The molecule has 4 aromatic rings. The van der Waals surface area contributed by atoms with E-state index in [1.807, 2.05) is 35.9 Å². The van der Waals surface area contributed by atoms with Crippen molar-refractivity contribution in [2.75, 3.05) is 13.1 Å². The van der Waals surface area contributed by atoms with Crippen LogP contribution in [0.15, 0.2) is 54.6 Å². The fourth-order valence-corrected chi connectivity index (χ4v) is 4.92. The minimum atomic E-state index is -1.40. The van der Waals surface area contributed by atoms with E-state index >= 15 is 0 Å². The summed E-state index contributed by atoms with van der Waals surface area (Å²) in [4.78, 5) is 11.8. The number of piperidine rings is 1. The Morgan fingerprint density at radius 1 is 1.08 bits per heavy atom. The first-order chi connectivity index (χ1) is 17.9. The highest BCUT2D eigenvalue weighted by atomic mass is 35.5. The van der Waals surface area contributed by atoms with E-state index < -0.39 is 12.2 Å². The zero-order valence-corrected chi connectivity index (χ0v) is 21.6. The number of alkyl halides is 1. The molecule has 0 N–H and O–H groups in total. The third-order valence-corrected chi connectivity index (χ3v) is 7.00. The summed E-state index contributed by atoms with van der Waals surface area (Å²) < 4.78 is 40.6. The summed E-state index contributed by atoms with van der Waals surface area (Å²) in [6.07, 6.45) is 0.520. The number of fused-ring (bicyclic) bond motifs is 1. The highest BCUT2D eigenvalue weighted by molar-refractivity contribution is 6.30. The van der Waals surface area contributed by atoms with Crippen LogP contribution in [-0.4, -0.2) is 38.9 Å². The summed E-state index contributed by atoms with van der Waals surface area (Å²) in [5.74, 6) is 1.78. The lowest BCUT2D eigenvalue weighted by molar-refractivity contribution is 0.0875. The molecule has 0 bridgehead atoms. The molecule has 1 fully saturated rings. The highest BCUT2D eigenvalue weighted by Gasteiger charge is 2.24. The summed E-state index contributed by atoms with van der Waals surface area (Å²) in [6, 6.07) is 15.9. The Bertz CT molecular complexity index is 1390. The lowest BCUT2D eigenvalue weighted by Gasteiger charge is -2.31.